The summed E-state index contributed by atoms with van der Waals surface area (Å²) in [6, 6.07) is 15.6. The Bertz CT molecular complexity index is 943. The van der Waals surface area contributed by atoms with E-state index in [1.807, 2.05) is 48.9 Å². The fraction of sp³-hybridized carbons (Fsp3) is 0.304. The summed E-state index contributed by atoms with van der Waals surface area (Å²) in [6.07, 6.45) is 1.69. The molecular formula is C23H27N3O2. The van der Waals surface area contributed by atoms with Gasteiger partial charge in [-0.1, -0.05) is 38.1 Å². The van der Waals surface area contributed by atoms with E-state index in [2.05, 4.69) is 36.4 Å². The summed E-state index contributed by atoms with van der Waals surface area (Å²) in [7, 11) is 0. The molecule has 0 spiro atoms. The predicted octanol–water partition coefficient (Wildman–Crippen LogP) is 5.17. The van der Waals surface area contributed by atoms with Gasteiger partial charge in [0.2, 0.25) is 0 Å². The molecular weight excluding hydrogens is 350 g/mol. The van der Waals surface area contributed by atoms with Crippen molar-refractivity contribution in [2.75, 3.05) is 5.32 Å². The van der Waals surface area contributed by atoms with Crippen LogP contribution in [0.25, 0.3) is 0 Å². The van der Waals surface area contributed by atoms with Crippen LogP contribution in [0.3, 0.4) is 0 Å². The molecule has 0 aliphatic carbocycles. The van der Waals surface area contributed by atoms with Crippen molar-refractivity contribution in [3.63, 3.8) is 0 Å². The summed E-state index contributed by atoms with van der Waals surface area (Å²) in [4.78, 5) is 12.6. The SMILES string of the molecule is CCn1ncc(NC(=O)c2cccc(COc3ccc(C(C)C)cc3)c2)c1C. The van der Waals surface area contributed by atoms with Gasteiger partial charge in [-0.25, -0.2) is 0 Å². The van der Waals surface area contributed by atoms with E-state index in [1.165, 1.54) is 5.56 Å². The first-order chi connectivity index (χ1) is 13.5. The summed E-state index contributed by atoms with van der Waals surface area (Å²) in [5, 5.41) is 7.20. The zero-order valence-electron chi connectivity index (χ0n) is 16.9. The van der Waals surface area contributed by atoms with E-state index in [9.17, 15) is 4.79 Å². The molecule has 1 amide bonds. The van der Waals surface area contributed by atoms with Crippen molar-refractivity contribution in [2.24, 2.45) is 0 Å². The topological polar surface area (TPSA) is 56.2 Å². The lowest BCUT2D eigenvalue weighted by atomic mass is 10.0. The number of nitrogens with zero attached hydrogens (tertiary/aromatic N) is 2. The maximum atomic E-state index is 12.6. The Morgan fingerprint density at radius 3 is 2.57 bits per heavy atom. The van der Waals surface area contributed by atoms with Gasteiger partial charge >= 0.3 is 0 Å². The normalized spacial score (nSPS) is 10.9. The van der Waals surface area contributed by atoms with Crippen LogP contribution in [0.1, 0.15) is 53.9 Å². The molecule has 146 valence electrons. The number of hydrogen-bond donors (Lipinski definition) is 1. The summed E-state index contributed by atoms with van der Waals surface area (Å²) < 4.78 is 7.72. The van der Waals surface area contributed by atoms with E-state index >= 15 is 0 Å². The first-order valence-corrected chi connectivity index (χ1v) is 9.63. The molecule has 3 aromatic rings. The molecule has 5 heteroatoms. The Morgan fingerprint density at radius 2 is 1.93 bits per heavy atom. The molecule has 3 rings (SSSR count). The number of benzene rings is 2. The monoisotopic (exact) mass is 377 g/mol. The number of rotatable bonds is 7. The quantitative estimate of drug-likeness (QED) is 0.618. The van der Waals surface area contributed by atoms with Gasteiger partial charge < -0.3 is 10.1 Å². The molecule has 0 fully saturated rings. The van der Waals surface area contributed by atoms with Crippen LogP contribution in [0.15, 0.2) is 54.7 Å². The zero-order chi connectivity index (χ0) is 20.1. The lowest BCUT2D eigenvalue weighted by Gasteiger charge is -2.10. The van der Waals surface area contributed by atoms with Gasteiger partial charge in [0.05, 0.1) is 17.6 Å². The van der Waals surface area contributed by atoms with E-state index < -0.39 is 0 Å². The Morgan fingerprint density at radius 1 is 1.18 bits per heavy atom. The van der Waals surface area contributed by atoms with Gasteiger partial charge in [0.15, 0.2) is 0 Å². The number of nitrogens with one attached hydrogen (secondary N) is 1. The number of ether oxygens (including phenoxy) is 1. The molecule has 0 atom stereocenters. The Kier molecular flexibility index (Phi) is 6.14. The number of aryl methyl sites for hydroxylation is 1. The second kappa shape index (κ2) is 8.74. The first-order valence-electron chi connectivity index (χ1n) is 9.63. The number of amides is 1. The largest absolute Gasteiger partial charge is 0.489 e. The number of aromatic nitrogens is 2. The highest BCUT2D eigenvalue weighted by molar-refractivity contribution is 6.04. The molecule has 0 saturated carbocycles. The molecule has 1 N–H and O–H groups in total. The Labute approximate surface area is 166 Å². The molecule has 5 nitrogen and oxygen atoms in total. The van der Waals surface area contributed by atoms with Gasteiger partial charge in [-0.3, -0.25) is 9.48 Å². The van der Waals surface area contributed by atoms with E-state index in [0.29, 0.717) is 18.1 Å². The lowest BCUT2D eigenvalue weighted by molar-refractivity contribution is 0.102. The van der Waals surface area contributed by atoms with Crippen LogP contribution in [0.2, 0.25) is 0 Å². The molecule has 0 saturated heterocycles. The summed E-state index contributed by atoms with van der Waals surface area (Å²) in [5.41, 5.74) is 4.51. The highest BCUT2D eigenvalue weighted by atomic mass is 16.5. The van der Waals surface area contributed by atoms with Crippen molar-refractivity contribution in [2.45, 2.75) is 46.8 Å². The minimum Gasteiger partial charge on any atom is -0.489 e. The third-order valence-electron chi connectivity index (χ3n) is 4.79. The van der Waals surface area contributed by atoms with Crippen molar-refractivity contribution in [3.8, 4) is 5.75 Å². The second-order valence-corrected chi connectivity index (χ2v) is 7.13. The van der Waals surface area contributed by atoms with Crippen LogP contribution in [0.5, 0.6) is 5.75 Å². The smallest absolute Gasteiger partial charge is 0.255 e. The molecule has 0 aliphatic heterocycles. The van der Waals surface area contributed by atoms with Gasteiger partial charge in [-0.05, 0) is 55.2 Å². The highest BCUT2D eigenvalue weighted by Crippen LogP contribution is 2.20. The second-order valence-electron chi connectivity index (χ2n) is 7.13. The van der Waals surface area contributed by atoms with E-state index in [1.54, 1.807) is 12.3 Å². The fourth-order valence-electron chi connectivity index (χ4n) is 3.00. The minimum atomic E-state index is -0.151. The summed E-state index contributed by atoms with van der Waals surface area (Å²) >= 11 is 0. The summed E-state index contributed by atoms with van der Waals surface area (Å²) in [5.74, 6) is 1.17. The van der Waals surface area contributed by atoms with Crippen molar-refractivity contribution < 1.29 is 9.53 Å². The van der Waals surface area contributed by atoms with Crippen LogP contribution in [-0.2, 0) is 13.2 Å². The van der Waals surface area contributed by atoms with Crippen molar-refractivity contribution in [3.05, 3.63) is 77.1 Å². The van der Waals surface area contributed by atoms with Crippen molar-refractivity contribution in [1.29, 1.82) is 0 Å². The maximum Gasteiger partial charge on any atom is 0.255 e. The first kappa shape index (κ1) is 19.7. The average molecular weight is 377 g/mol. The standard InChI is InChI=1S/C23H27N3O2/c1-5-26-17(4)22(14-24-26)25-23(27)20-8-6-7-18(13-20)15-28-21-11-9-19(10-12-21)16(2)3/h6-14,16H,5,15H2,1-4H3,(H,25,27). The molecule has 0 aliphatic rings. The van der Waals surface area contributed by atoms with Gasteiger partial charge in [0, 0.05) is 12.1 Å². The zero-order valence-corrected chi connectivity index (χ0v) is 16.9. The maximum absolute atomic E-state index is 12.6. The van der Waals surface area contributed by atoms with Crippen molar-refractivity contribution in [1.82, 2.24) is 9.78 Å². The molecule has 1 heterocycles. The van der Waals surface area contributed by atoms with Crippen molar-refractivity contribution >= 4 is 11.6 Å². The Hall–Kier alpha value is -3.08. The number of anilines is 1. The number of hydrogen-bond acceptors (Lipinski definition) is 3. The third-order valence-corrected chi connectivity index (χ3v) is 4.79. The van der Waals surface area contributed by atoms with Crippen LogP contribution >= 0.6 is 0 Å². The van der Waals surface area contributed by atoms with Gasteiger partial charge in [0.25, 0.3) is 5.91 Å². The van der Waals surface area contributed by atoms with E-state index in [0.717, 1.165) is 29.2 Å². The molecule has 28 heavy (non-hydrogen) atoms. The van der Waals surface area contributed by atoms with Gasteiger partial charge in [-0.2, -0.15) is 5.10 Å². The number of carbonyl (C=O) groups excluding carboxylic acids is 1. The van der Waals surface area contributed by atoms with Crippen LogP contribution in [0.4, 0.5) is 5.69 Å². The number of carbonyl (C=O) groups is 1. The lowest BCUT2D eigenvalue weighted by Crippen LogP contribution is -2.13. The molecule has 2 aromatic carbocycles. The molecule has 1 aromatic heterocycles. The Balaban J connectivity index is 1.64. The average Bonchev–Trinajstić information content (AvgIpc) is 3.06. The van der Waals surface area contributed by atoms with Gasteiger partial charge in [-0.15, -0.1) is 0 Å². The highest BCUT2D eigenvalue weighted by Gasteiger charge is 2.11. The molecule has 0 unspecified atom stereocenters. The van der Waals surface area contributed by atoms with Crippen LogP contribution in [-0.4, -0.2) is 15.7 Å². The van der Waals surface area contributed by atoms with Gasteiger partial charge in [0.1, 0.15) is 12.4 Å². The predicted molar refractivity (Wildman–Crippen MR) is 112 cm³/mol. The summed E-state index contributed by atoms with van der Waals surface area (Å²) in [6.45, 7) is 9.48. The minimum absolute atomic E-state index is 0.151. The third kappa shape index (κ3) is 4.60. The molecule has 0 bridgehead atoms. The fourth-order valence-corrected chi connectivity index (χ4v) is 3.00. The van der Waals surface area contributed by atoms with Crippen LogP contribution in [0, 0.1) is 6.92 Å². The van der Waals surface area contributed by atoms with E-state index in [4.69, 9.17) is 4.74 Å². The molecule has 0 radical (unpaired) electrons. The van der Waals surface area contributed by atoms with E-state index in [-0.39, 0.29) is 5.91 Å². The van der Waals surface area contributed by atoms with Crippen LogP contribution < -0.4 is 10.1 Å².